The van der Waals surface area contributed by atoms with Gasteiger partial charge in [0.2, 0.25) is 0 Å². The Morgan fingerprint density at radius 2 is 2.50 bits per heavy atom. The first-order valence-electron chi connectivity index (χ1n) is 3.17. The fourth-order valence-electron chi connectivity index (χ4n) is 0.384. The molecule has 0 heterocycles. The van der Waals surface area contributed by atoms with Gasteiger partial charge in [-0.3, -0.25) is 4.79 Å². The van der Waals surface area contributed by atoms with E-state index >= 15 is 0 Å². The van der Waals surface area contributed by atoms with Crippen LogP contribution in [0.15, 0.2) is 12.7 Å². The Labute approximate surface area is 61.1 Å². The van der Waals surface area contributed by atoms with Crippen molar-refractivity contribution in [3.63, 3.8) is 0 Å². The van der Waals surface area contributed by atoms with Crippen molar-refractivity contribution in [2.24, 2.45) is 0 Å². The molecule has 0 saturated heterocycles. The second-order valence-electron chi connectivity index (χ2n) is 1.93. The van der Waals surface area contributed by atoms with Gasteiger partial charge in [0, 0.05) is 0 Å². The third-order valence-electron chi connectivity index (χ3n) is 1.13. The summed E-state index contributed by atoms with van der Waals surface area (Å²) in [5.41, 5.74) is 0. The highest BCUT2D eigenvalue weighted by molar-refractivity contribution is 5.75. The van der Waals surface area contributed by atoms with Crippen LogP contribution in [0, 0.1) is 0 Å². The van der Waals surface area contributed by atoms with Crippen molar-refractivity contribution in [3.05, 3.63) is 12.7 Å². The summed E-state index contributed by atoms with van der Waals surface area (Å²) in [4.78, 5) is 10.8. The van der Waals surface area contributed by atoms with Crippen LogP contribution in [-0.2, 0) is 9.53 Å². The standard InChI is InChI=1S/C7H13NO2/c1-4-5-10-7(9)6(2)8-3/h4,6,8H,1,5H2,2-3H3/t6-/m0/s1. The van der Waals surface area contributed by atoms with E-state index in [1.807, 2.05) is 0 Å². The van der Waals surface area contributed by atoms with Crippen molar-refractivity contribution in [1.29, 1.82) is 0 Å². The highest BCUT2D eigenvalue weighted by atomic mass is 16.5. The number of nitrogens with one attached hydrogen (secondary N) is 1. The molecular weight excluding hydrogens is 130 g/mol. The summed E-state index contributed by atoms with van der Waals surface area (Å²) >= 11 is 0. The quantitative estimate of drug-likeness (QED) is 0.455. The third kappa shape index (κ3) is 3.25. The summed E-state index contributed by atoms with van der Waals surface area (Å²) in [6.45, 7) is 5.44. The molecule has 0 aliphatic carbocycles. The number of hydrogen-bond donors (Lipinski definition) is 1. The molecule has 0 spiro atoms. The lowest BCUT2D eigenvalue weighted by molar-refractivity contribution is -0.144. The van der Waals surface area contributed by atoms with Crippen molar-refractivity contribution >= 4 is 5.97 Å². The number of hydrogen-bond acceptors (Lipinski definition) is 3. The molecule has 3 nitrogen and oxygen atoms in total. The smallest absolute Gasteiger partial charge is 0.323 e. The topological polar surface area (TPSA) is 38.3 Å². The Morgan fingerprint density at radius 1 is 1.90 bits per heavy atom. The van der Waals surface area contributed by atoms with E-state index in [2.05, 4.69) is 11.9 Å². The average Bonchev–Trinajstić information content (AvgIpc) is 1.98. The fourth-order valence-corrected chi connectivity index (χ4v) is 0.384. The fraction of sp³-hybridized carbons (Fsp3) is 0.571. The highest BCUT2D eigenvalue weighted by Crippen LogP contribution is 1.85. The predicted molar refractivity (Wildman–Crippen MR) is 39.7 cm³/mol. The zero-order valence-electron chi connectivity index (χ0n) is 6.39. The van der Waals surface area contributed by atoms with Crippen molar-refractivity contribution in [2.75, 3.05) is 13.7 Å². The van der Waals surface area contributed by atoms with E-state index in [1.54, 1.807) is 20.0 Å². The molecule has 0 fully saturated rings. The second-order valence-corrected chi connectivity index (χ2v) is 1.93. The van der Waals surface area contributed by atoms with Gasteiger partial charge < -0.3 is 10.1 Å². The number of esters is 1. The first-order valence-corrected chi connectivity index (χ1v) is 3.17. The van der Waals surface area contributed by atoms with Crippen LogP contribution in [0.25, 0.3) is 0 Å². The van der Waals surface area contributed by atoms with Gasteiger partial charge in [0.15, 0.2) is 0 Å². The maximum atomic E-state index is 10.8. The van der Waals surface area contributed by atoms with Gasteiger partial charge >= 0.3 is 5.97 Å². The second kappa shape index (κ2) is 4.99. The summed E-state index contributed by atoms with van der Waals surface area (Å²) in [6, 6.07) is -0.236. The van der Waals surface area contributed by atoms with Crippen LogP contribution in [-0.4, -0.2) is 25.7 Å². The van der Waals surface area contributed by atoms with Gasteiger partial charge in [-0.1, -0.05) is 12.7 Å². The van der Waals surface area contributed by atoms with Crippen LogP contribution in [0.3, 0.4) is 0 Å². The molecule has 0 aromatic rings. The molecule has 10 heavy (non-hydrogen) atoms. The Hall–Kier alpha value is -0.830. The van der Waals surface area contributed by atoms with Gasteiger partial charge in [0.1, 0.15) is 12.6 Å². The Morgan fingerprint density at radius 3 is 2.90 bits per heavy atom. The van der Waals surface area contributed by atoms with E-state index in [0.29, 0.717) is 0 Å². The molecule has 0 saturated carbocycles. The predicted octanol–water partition coefficient (Wildman–Crippen LogP) is 0.323. The minimum atomic E-state index is -0.248. The van der Waals surface area contributed by atoms with E-state index in [0.717, 1.165) is 0 Å². The first kappa shape index (κ1) is 9.17. The molecule has 0 radical (unpaired) electrons. The summed E-state index contributed by atoms with van der Waals surface area (Å²) in [6.07, 6.45) is 1.54. The lowest BCUT2D eigenvalue weighted by atomic mass is 10.3. The number of carbonyl (C=O) groups excluding carboxylic acids is 1. The van der Waals surface area contributed by atoms with Crippen molar-refractivity contribution in [2.45, 2.75) is 13.0 Å². The molecule has 0 aromatic carbocycles. The molecule has 58 valence electrons. The van der Waals surface area contributed by atoms with Gasteiger partial charge in [0.05, 0.1) is 0 Å². The average molecular weight is 143 g/mol. The normalized spacial score (nSPS) is 12.2. The molecule has 0 rings (SSSR count). The number of ether oxygens (including phenoxy) is 1. The Bertz CT molecular complexity index is 123. The first-order chi connectivity index (χ1) is 4.72. The minimum absolute atomic E-state index is 0.236. The van der Waals surface area contributed by atoms with Gasteiger partial charge in [-0.15, -0.1) is 0 Å². The van der Waals surface area contributed by atoms with Crippen LogP contribution in [0.4, 0.5) is 0 Å². The monoisotopic (exact) mass is 143 g/mol. The molecule has 0 aromatic heterocycles. The third-order valence-corrected chi connectivity index (χ3v) is 1.13. The van der Waals surface area contributed by atoms with Gasteiger partial charge in [0.25, 0.3) is 0 Å². The van der Waals surface area contributed by atoms with E-state index in [9.17, 15) is 4.79 Å². The van der Waals surface area contributed by atoms with E-state index < -0.39 is 0 Å². The van der Waals surface area contributed by atoms with Crippen LogP contribution in [0.2, 0.25) is 0 Å². The van der Waals surface area contributed by atoms with Crippen molar-refractivity contribution in [3.8, 4) is 0 Å². The lowest BCUT2D eigenvalue weighted by Gasteiger charge is -2.07. The van der Waals surface area contributed by atoms with Gasteiger partial charge in [-0.25, -0.2) is 0 Å². The summed E-state index contributed by atoms with van der Waals surface area (Å²) in [5, 5.41) is 2.76. The van der Waals surface area contributed by atoms with Crippen LogP contribution in [0.1, 0.15) is 6.92 Å². The molecule has 0 amide bonds. The zero-order chi connectivity index (χ0) is 7.98. The molecule has 0 aliphatic rings. The molecule has 0 unspecified atom stereocenters. The van der Waals surface area contributed by atoms with Gasteiger partial charge in [-0.05, 0) is 14.0 Å². The molecular formula is C7H13NO2. The SMILES string of the molecule is C=CCOC(=O)[C@H](C)NC. The highest BCUT2D eigenvalue weighted by Gasteiger charge is 2.09. The molecule has 1 atom stereocenters. The molecule has 3 heteroatoms. The van der Waals surface area contributed by atoms with Crippen LogP contribution in [0.5, 0.6) is 0 Å². The Kier molecular flexibility index (Phi) is 4.58. The van der Waals surface area contributed by atoms with Crippen molar-refractivity contribution < 1.29 is 9.53 Å². The summed E-state index contributed by atoms with van der Waals surface area (Å²) < 4.78 is 4.72. The number of carbonyl (C=O) groups is 1. The van der Waals surface area contributed by atoms with Crippen LogP contribution < -0.4 is 5.32 Å². The molecule has 1 N–H and O–H groups in total. The summed E-state index contributed by atoms with van der Waals surface area (Å²) in [5.74, 6) is -0.248. The van der Waals surface area contributed by atoms with E-state index in [-0.39, 0.29) is 18.6 Å². The zero-order valence-corrected chi connectivity index (χ0v) is 6.39. The van der Waals surface area contributed by atoms with E-state index in [1.165, 1.54) is 0 Å². The number of rotatable bonds is 4. The maximum Gasteiger partial charge on any atom is 0.323 e. The molecule has 0 aliphatic heterocycles. The van der Waals surface area contributed by atoms with Crippen LogP contribution >= 0.6 is 0 Å². The number of likely N-dealkylation sites (N-methyl/N-ethyl adjacent to an activating group) is 1. The van der Waals surface area contributed by atoms with Gasteiger partial charge in [-0.2, -0.15) is 0 Å². The van der Waals surface area contributed by atoms with Crippen molar-refractivity contribution in [1.82, 2.24) is 5.32 Å². The molecule has 0 bridgehead atoms. The largest absolute Gasteiger partial charge is 0.460 e. The summed E-state index contributed by atoms with van der Waals surface area (Å²) in [7, 11) is 1.71. The Balaban J connectivity index is 3.51. The van der Waals surface area contributed by atoms with E-state index in [4.69, 9.17) is 4.74 Å². The maximum absolute atomic E-state index is 10.8. The minimum Gasteiger partial charge on any atom is -0.460 e. The lowest BCUT2D eigenvalue weighted by Crippen LogP contribution is -2.32.